The molecule has 0 spiro atoms. The van der Waals surface area contributed by atoms with Crippen molar-refractivity contribution in [2.75, 3.05) is 24.7 Å². The van der Waals surface area contributed by atoms with Crippen molar-refractivity contribution in [2.45, 2.75) is 37.2 Å². The van der Waals surface area contributed by atoms with Gasteiger partial charge in [0.2, 0.25) is 0 Å². The van der Waals surface area contributed by atoms with Crippen LogP contribution in [0.2, 0.25) is 0 Å². The van der Waals surface area contributed by atoms with E-state index in [1.807, 2.05) is 36.4 Å². The van der Waals surface area contributed by atoms with Crippen molar-refractivity contribution in [3.8, 4) is 0 Å². The molecule has 0 heterocycles. The van der Waals surface area contributed by atoms with E-state index >= 15 is 0 Å². The summed E-state index contributed by atoms with van der Waals surface area (Å²) in [7, 11) is 0. The first-order valence-corrected chi connectivity index (χ1v) is 13.8. The molecule has 0 aliphatic carbocycles. The SMILES string of the molecule is C=Cc1cccc(CSCCOC(=O)CCCCC(=O)OCCSCc2cccc(C=C)c2)c1. The smallest absolute Gasteiger partial charge is 0.305 e. The number of hydrogen-bond acceptors (Lipinski definition) is 6. The van der Waals surface area contributed by atoms with Gasteiger partial charge in [0, 0.05) is 35.9 Å². The lowest BCUT2D eigenvalue weighted by Gasteiger charge is -2.07. The number of thioether (sulfide) groups is 2. The van der Waals surface area contributed by atoms with Crippen LogP contribution in [0.15, 0.2) is 61.7 Å². The summed E-state index contributed by atoms with van der Waals surface area (Å²) in [6.45, 7) is 8.37. The summed E-state index contributed by atoms with van der Waals surface area (Å²) in [5.74, 6) is 2.85. The van der Waals surface area contributed by atoms with Gasteiger partial charge >= 0.3 is 11.9 Å². The summed E-state index contributed by atoms with van der Waals surface area (Å²) in [6, 6.07) is 16.5. The molecule has 0 bridgehead atoms. The zero-order valence-electron chi connectivity index (χ0n) is 19.7. The van der Waals surface area contributed by atoms with Crippen LogP contribution in [0, 0.1) is 0 Å². The molecule has 0 N–H and O–H groups in total. The van der Waals surface area contributed by atoms with Crippen LogP contribution in [0.25, 0.3) is 12.2 Å². The van der Waals surface area contributed by atoms with Gasteiger partial charge in [-0.25, -0.2) is 0 Å². The minimum atomic E-state index is -0.209. The molecule has 0 aromatic heterocycles. The van der Waals surface area contributed by atoms with Gasteiger partial charge in [-0.3, -0.25) is 9.59 Å². The zero-order valence-corrected chi connectivity index (χ0v) is 21.3. The van der Waals surface area contributed by atoms with Gasteiger partial charge < -0.3 is 9.47 Å². The van der Waals surface area contributed by atoms with E-state index in [0.717, 1.165) is 34.1 Å². The molecule has 34 heavy (non-hydrogen) atoms. The fourth-order valence-electron chi connectivity index (χ4n) is 3.11. The minimum Gasteiger partial charge on any atom is -0.465 e. The maximum Gasteiger partial charge on any atom is 0.305 e. The minimum absolute atomic E-state index is 0.209. The van der Waals surface area contributed by atoms with Crippen LogP contribution in [0.5, 0.6) is 0 Å². The molecule has 0 saturated carbocycles. The van der Waals surface area contributed by atoms with Gasteiger partial charge in [-0.15, -0.1) is 0 Å². The molecule has 0 saturated heterocycles. The quantitative estimate of drug-likeness (QED) is 0.177. The highest BCUT2D eigenvalue weighted by atomic mass is 32.2. The van der Waals surface area contributed by atoms with E-state index in [1.165, 1.54) is 11.1 Å². The summed E-state index contributed by atoms with van der Waals surface area (Å²) in [4.78, 5) is 23.7. The second-order valence-electron chi connectivity index (χ2n) is 7.65. The van der Waals surface area contributed by atoms with Crippen molar-refractivity contribution >= 4 is 47.6 Å². The molecular formula is C28H34O4S2. The standard InChI is InChI=1S/C28H34O4S2/c1-3-23-9-7-11-25(19-23)21-33-17-15-31-27(29)13-5-6-14-28(30)32-16-18-34-22-26-12-8-10-24(4-2)20-26/h3-4,7-12,19-20H,1-2,5-6,13-18,21-22H2. The monoisotopic (exact) mass is 498 g/mol. The van der Waals surface area contributed by atoms with E-state index < -0.39 is 0 Å². The Kier molecular flexibility index (Phi) is 14.0. The second-order valence-corrected chi connectivity index (χ2v) is 9.86. The Bertz CT molecular complexity index is 851. The Morgan fingerprint density at radius 2 is 1.18 bits per heavy atom. The van der Waals surface area contributed by atoms with Gasteiger partial charge in [0.25, 0.3) is 0 Å². The first-order valence-electron chi connectivity index (χ1n) is 11.5. The lowest BCUT2D eigenvalue weighted by molar-refractivity contribution is -0.145. The van der Waals surface area contributed by atoms with Crippen LogP contribution >= 0.6 is 23.5 Å². The van der Waals surface area contributed by atoms with E-state index in [0.29, 0.717) is 38.9 Å². The molecule has 2 aromatic carbocycles. The molecule has 0 aliphatic heterocycles. The molecule has 2 rings (SSSR count). The van der Waals surface area contributed by atoms with Crippen molar-refractivity contribution in [3.63, 3.8) is 0 Å². The van der Waals surface area contributed by atoms with Crippen LogP contribution in [0.3, 0.4) is 0 Å². The highest BCUT2D eigenvalue weighted by Gasteiger charge is 2.06. The van der Waals surface area contributed by atoms with Gasteiger partial charge in [-0.1, -0.05) is 73.8 Å². The molecule has 0 unspecified atom stereocenters. The summed E-state index contributed by atoms with van der Waals surface area (Å²) in [5.41, 5.74) is 4.69. The Morgan fingerprint density at radius 3 is 1.59 bits per heavy atom. The predicted molar refractivity (Wildman–Crippen MR) is 146 cm³/mol. The first-order chi connectivity index (χ1) is 16.6. The molecule has 6 heteroatoms. The molecule has 0 aliphatic rings. The molecule has 0 amide bonds. The fourth-order valence-corrected chi connectivity index (χ4v) is 4.63. The Hall–Kier alpha value is -2.44. The number of rotatable bonds is 17. The molecular weight excluding hydrogens is 464 g/mol. The number of carbonyl (C=O) groups excluding carboxylic acids is 2. The average Bonchev–Trinajstić information content (AvgIpc) is 2.86. The fraction of sp³-hybridized carbons (Fsp3) is 0.357. The van der Waals surface area contributed by atoms with Crippen molar-refractivity contribution in [2.24, 2.45) is 0 Å². The van der Waals surface area contributed by atoms with E-state index in [-0.39, 0.29) is 11.9 Å². The van der Waals surface area contributed by atoms with Crippen molar-refractivity contribution < 1.29 is 19.1 Å². The van der Waals surface area contributed by atoms with E-state index in [4.69, 9.17) is 9.47 Å². The number of hydrogen-bond donors (Lipinski definition) is 0. The molecule has 2 aromatic rings. The number of esters is 2. The summed E-state index contributed by atoms with van der Waals surface area (Å²) in [5, 5.41) is 0. The van der Waals surface area contributed by atoms with Crippen LogP contribution < -0.4 is 0 Å². The first kappa shape index (κ1) is 27.8. The number of carbonyl (C=O) groups is 2. The van der Waals surface area contributed by atoms with Gasteiger partial charge in [-0.05, 0) is 35.1 Å². The highest BCUT2D eigenvalue weighted by Crippen LogP contribution is 2.15. The number of benzene rings is 2. The van der Waals surface area contributed by atoms with Gasteiger partial charge in [0.15, 0.2) is 0 Å². The summed E-state index contributed by atoms with van der Waals surface area (Å²) < 4.78 is 10.5. The van der Waals surface area contributed by atoms with Crippen LogP contribution in [-0.4, -0.2) is 36.7 Å². The summed E-state index contributed by atoms with van der Waals surface area (Å²) >= 11 is 3.47. The van der Waals surface area contributed by atoms with Gasteiger partial charge in [0.1, 0.15) is 13.2 Å². The predicted octanol–water partition coefficient (Wildman–Crippen LogP) is 6.79. The Balaban J connectivity index is 1.42. The third-order valence-electron chi connectivity index (χ3n) is 4.90. The highest BCUT2D eigenvalue weighted by molar-refractivity contribution is 7.98. The van der Waals surface area contributed by atoms with E-state index in [1.54, 1.807) is 23.5 Å². The second kappa shape index (κ2) is 17.1. The molecule has 4 nitrogen and oxygen atoms in total. The third kappa shape index (κ3) is 12.1. The van der Waals surface area contributed by atoms with Crippen LogP contribution in [0.4, 0.5) is 0 Å². The summed E-state index contributed by atoms with van der Waals surface area (Å²) in [6.07, 6.45) is 5.59. The van der Waals surface area contributed by atoms with Crippen molar-refractivity contribution in [1.82, 2.24) is 0 Å². The van der Waals surface area contributed by atoms with Gasteiger partial charge in [0.05, 0.1) is 0 Å². The van der Waals surface area contributed by atoms with E-state index in [2.05, 4.69) is 37.4 Å². The zero-order chi connectivity index (χ0) is 24.4. The molecule has 0 radical (unpaired) electrons. The lowest BCUT2D eigenvalue weighted by atomic mass is 10.1. The van der Waals surface area contributed by atoms with Crippen molar-refractivity contribution in [3.05, 3.63) is 83.9 Å². The lowest BCUT2D eigenvalue weighted by Crippen LogP contribution is -2.09. The molecule has 0 atom stereocenters. The Morgan fingerprint density at radius 1 is 0.735 bits per heavy atom. The average molecular weight is 499 g/mol. The number of ether oxygens (including phenoxy) is 2. The largest absolute Gasteiger partial charge is 0.465 e. The third-order valence-corrected chi connectivity index (χ3v) is 6.89. The van der Waals surface area contributed by atoms with Crippen molar-refractivity contribution in [1.29, 1.82) is 0 Å². The number of unbranched alkanes of at least 4 members (excludes halogenated alkanes) is 1. The normalized spacial score (nSPS) is 10.5. The molecule has 0 fully saturated rings. The maximum atomic E-state index is 11.8. The molecule has 182 valence electrons. The van der Waals surface area contributed by atoms with Crippen LogP contribution in [0.1, 0.15) is 47.9 Å². The van der Waals surface area contributed by atoms with Gasteiger partial charge in [-0.2, -0.15) is 23.5 Å². The van der Waals surface area contributed by atoms with Crippen LogP contribution in [-0.2, 0) is 30.6 Å². The van der Waals surface area contributed by atoms with E-state index in [9.17, 15) is 9.59 Å². The Labute approximate surface area is 212 Å². The topological polar surface area (TPSA) is 52.6 Å². The maximum absolute atomic E-state index is 11.8.